The first-order chi connectivity index (χ1) is 18.2. The number of H-pyrrole nitrogens is 1. The van der Waals surface area contributed by atoms with E-state index in [2.05, 4.69) is 66.5 Å². The van der Waals surface area contributed by atoms with Crippen LogP contribution < -0.4 is 11.1 Å². The number of aromatic nitrogens is 1. The van der Waals surface area contributed by atoms with Gasteiger partial charge in [-0.2, -0.15) is 0 Å². The Labute approximate surface area is 217 Å². The lowest BCUT2D eigenvalue weighted by Crippen LogP contribution is -2.06. The average molecular weight is 490 g/mol. The highest BCUT2D eigenvalue weighted by molar-refractivity contribution is 6.38. The van der Waals surface area contributed by atoms with Gasteiger partial charge in [-0.05, 0) is 56.1 Å². The van der Waals surface area contributed by atoms with Gasteiger partial charge in [0.1, 0.15) is 0 Å². The number of aryl methyl sites for hydroxylation is 1. The molecule has 3 heteroatoms. The molecule has 6 rings (SSSR count). The van der Waals surface area contributed by atoms with E-state index in [4.69, 9.17) is 0 Å². The summed E-state index contributed by atoms with van der Waals surface area (Å²) in [4.78, 5) is 29.0. The number of fused-ring (bicyclic) bond motifs is 4. The van der Waals surface area contributed by atoms with Crippen molar-refractivity contribution in [3.05, 3.63) is 80.9 Å². The summed E-state index contributed by atoms with van der Waals surface area (Å²) in [6.45, 7) is 2.26. The first kappa shape index (κ1) is 23.9. The maximum atomic E-state index is 13.2. The molecular weight excluding hydrogens is 454 g/mol. The van der Waals surface area contributed by atoms with Gasteiger partial charge in [-0.15, -0.1) is 0 Å². The van der Waals surface area contributed by atoms with Gasteiger partial charge >= 0.3 is 0 Å². The van der Waals surface area contributed by atoms with Crippen LogP contribution in [-0.2, 0) is 6.42 Å². The zero-order valence-corrected chi connectivity index (χ0v) is 21.8. The summed E-state index contributed by atoms with van der Waals surface area (Å²) in [5, 5.41) is 10.1. The minimum Gasteiger partial charge on any atom is -0.288 e. The lowest BCUT2D eigenvalue weighted by atomic mass is 9.85. The van der Waals surface area contributed by atoms with Crippen molar-refractivity contribution in [1.82, 2.24) is 4.98 Å². The number of hydrogen-bond donors (Lipinski definition) is 1. The predicted octanol–water partition coefficient (Wildman–Crippen LogP) is 8.84. The Hall–Kier alpha value is -3.46. The van der Waals surface area contributed by atoms with Crippen molar-refractivity contribution in [3.63, 3.8) is 0 Å². The largest absolute Gasteiger partial charge is 0.288 e. The molecule has 0 saturated carbocycles. The van der Waals surface area contributed by atoms with E-state index in [1.807, 2.05) is 0 Å². The summed E-state index contributed by atoms with van der Waals surface area (Å²) in [5.41, 5.74) is 0.550. The van der Waals surface area contributed by atoms with E-state index in [0.29, 0.717) is 10.8 Å². The third-order valence-electron chi connectivity index (χ3n) is 8.37. The van der Waals surface area contributed by atoms with E-state index in [1.165, 1.54) is 62.1 Å². The summed E-state index contributed by atoms with van der Waals surface area (Å²) in [5.74, 6) is 0. The fraction of sp³-hybridized carbons (Fsp3) is 0.353. The van der Waals surface area contributed by atoms with Crippen LogP contribution in [0.25, 0.3) is 53.9 Å². The predicted molar refractivity (Wildman–Crippen MR) is 159 cm³/mol. The molecule has 0 amide bonds. The topological polar surface area (TPSA) is 49.9 Å². The van der Waals surface area contributed by atoms with E-state index in [1.54, 1.807) is 0 Å². The molecule has 1 N–H and O–H groups in total. The molecule has 1 aromatic heterocycles. The van der Waals surface area contributed by atoms with Gasteiger partial charge in [0.25, 0.3) is 11.1 Å². The third-order valence-corrected chi connectivity index (χ3v) is 8.37. The summed E-state index contributed by atoms with van der Waals surface area (Å²) < 4.78 is 0. The van der Waals surface area contributed by atoms with Gasteiger partial charge < -0.3 is 0 Å². The Morgan fingerprint density at radius 1 is 0.514 bits per heavy atom. The summed E-state index contributed by atoms with van der Waals surface area (Å²) in [6, 6.07) is 19.1. The molecule has 0 aliphatic heterocycles. The van der Waals surface area contributed by atoms with Crippen LogP contribution in [0.1, 0.15) is 76.7 Å². The van der Waals surface area contributed by atoms with Crippen LogP contribution in [0.15, 0.2) is 64.2 Å². The lowest BCUT2D eigenvalue weighted by molar-refractivity contribution is 0.557. The molecule has 1 heterocycles. The van der Waals surface area contributed by atoms with Gasteiger partial charge in [0.05, 0.1) is 10.8 Å². The van der Waals surface area contributed by atoms with Gasteiger partial charge in [0.15, 0.2) is 0 Å². The van der Waals surface area contributed by atoms with E-state index in [9.17, 15) is 9.59 Å². The van der Waals surface area contributed by atoms with Gasteiger partial charge in [-0.1, -0.05) is 119 Å². The van der Waals surface area contributed by atoms with Crippen LogP contribution in [0.4, 0.5) is 0 Å². The van der Waals surface area contributed by atoms with Crippen molar-refractivity contribution in [2.45, 2.75) is 77.6 Å². The Morgan fingerprint density at radius 3 is 1.76 bits per heavy atom. The second-order valence-electron chi connectivity index (χ2n) is 10.8. The van der Waals surface area contributed by atoms with Crippen LogP contribution in [0.5, 0.6) is 0 Å². The fourth-order valence-electron chi connectivity index (χ4n) is 6.63. The number of nitrogens with one attached hydrogen (secondary N) is 1. The van der Waals surface area contributed by atoms with Crippen molar-refractivity contribution >= 4 is 53.9 Å². The third kappa shape index (κ3) is 4.05. The van der Waals surface area contributed by atoms with Crippen molar-refractivity contribution in [3.8, 4) is 0 Å². The Bertz CT molecular complexity index is 1810. The number of rotatable bonds is 11. The second kappa shape index (κ2) is 10.1. The Balaban J connectivity index is 1.41. The molecule has 0 bridgehead atoms. The van der Waals surface area contributed by atoms with E-state index >= 15 is 0 Å². The molecule has 188 valence electrons. The number of unbranched alkanes of at least 4 members (excludes halogenated alkanes) is 9. The minimum atomic E-state index is -0.257. The highest BCUT2D eigenvalue weighted by Gasteiger charge is 2.22. The highest BCUT2D eigenvalue weighted by Crippen LogP contribution is 2.44. The van der Waals surface area contributed by atoms with E-state index < -0.39 is 0 Å². The maximum Gasteiger partial charge on any atom is 0.259 e. The zero-order valence-electron chi connectivity index (χ0n) is 21.8. The molecule has 0 saturated heterocycles. The second-order valence-corrected chi connectivity index (χ2v) is 10.8. The molecule has 37 heavy (non-hydrogen) atoms. The zero-order chi connectivity index (χ0) is 25.4. The molecule has 0 aliphatic rings. The normalized spacial score (nSPS) is 12.2. The lowest BCUT2D eigenvalue weighted by Gasteiger charge is -2.17. The van der Waals surface area contributed by atoms with Crippen molar-refractivity contribution in [1.29, 1.82) is 0 Å². The average Bonchev–Trinajstić information content (AvgIpc) is 3.21. The van der Waals surface area contributed by atoms with Crippen LogP contribution in [-0.4, -0.2) is 4.98 Å². The van der Waals surface area contributed by atoms with Crippen molar-refractivity contribution in [2.75, 3.05) is 0 Å². The molecule has 0 aliphatic carbocycles. The van der Waals surface area contributed by atoms with Gasteiger partial charge in [-0.25, -0.2) is 0 Å². The molecule has 5 aromatic carbocycles. The molecule has 0 atom stereocenters. The number of benzene rings is 5. The SMILES string of the molecule is CCCCCCCCCCCCc1c2cccc3c4cccc5cccc(c54)c(c4c(=O)[nH]c(=O)c14)c23. The first-order valence-corrected chi connectivity index (χ1v) is 14.2. The smallest absolute Gasteiger partial charge is 0.259 e. The first-order valence-electron chi connectivity index (χ1n) is 14.2. The molecule has 0 unspecified atom stereocenters. The van der Waals surface area contributed by atoms with Gasteiger partial charge in [0, 0.05) is 5.39 Å². The van der Waals surface area contributed by atoms with Crippen LogP contribution in [0.2, 0.25) is 0 Å². The Kier molecular flexibility index (Phi) is 6.54. The monoisotopic (exact) mass is 489 g/mol. The molecule has 6 aromatic rings. The van der Waals surface area contributed by atoms with Crippen LogP contribution in [0.3, 0.4) is 0 Å². The van der Waals surface area contributed by atoms with Crippen LogP contribution >= 0.6 is 0 Å². The fourth-order valence-corrected chi connectivity index (χ4v) is 6.63. The van der Waals surface area contributed by atoms with E-state index in [-0.39, 0.29) is 11.1 Å². The highest BCUT2D eigenvalue weighted by atomic mass is 16.2. The molecular formula is C34H35NO2. The maximum absolute atomic E-state index is 13.2. The summed E-state index contributed by atoms with van der Waals surface area (Å²) in [7, 11) is 0. The van der Waals surface area contributed by atoms with Crippen molar-refractivity contribution in [2.24, 2.45) is 0 Å². The molecule has 0 radical (unpaired) electrons. The Morgan fingerprint density at radius 2 is 1.05 bits per heavy atom. The molecule has 0 fully saturated rings. The molecule has 3 nitrogen and oxygen atoms in total. The van der Waals surface area contributed by atoms with Gasteiger partial charge in [0.2, 0.25) is 0 Å². The summed E-state index contributed by atoms with van der Waals surface area (Å²) >= 11 is 0. The number of aromatic amines is 1. The standard InChI is InChI=1S/C34H35NO2/c1-2-3-4-5-6-7-8-9-10-11-17-26-25-20-14-19-24-23-18-12-15-22-16-13-21-27(28(22)23)30(29(24)25)32-31(26)33(36)35-34(32)37/h12-16,18-21H,2-11,17H2,1H3,(H,35,36,37). The van der Waals surface area contributed by atoms with Crippen LogP contribution in [0, 0.1) is 0 Å². The summed E-state index contributed by atoms with van der Waals surface area (Å²) in [6.07, 6.45) is 13.6. The quantitative estimate of drug-likeness (QED) is 0.112. The van der Waals surface area contributed by atoms with Crippen molar-refractivity contribution < 1.29 is 0 Å². The minimum absolute atomic E-state index is 0.239. The van der Waals surface area contributed by atoms with Gasteiger partial charge in [-0.3, -0.25) is 14.6 Å². The number of hydrogen-bond acceptors (Lipinski definition) is 2. The molecule has 0 spiro atoms. The van der Waals surface area contributed by atoms with E-state index in [0.717, 1.165) is 57.1 Å².